The van der Waals surface area contributed by atoms with Gasteiger partial charge in [0.15, 0.2) is 0 Å². The first-order chi connectivity index (χ1) is 14.1. The van der Waals surface area contributed by atoms with Crippen molar-refractivity contribution in [2.24, 2.45) is 0 Å². The summed E-state index contributed by atoms with van der Waals surface area (Å²) in [4.78, 5) is 15.9. The van der Waals surface area contributed by atoms with Gasteiger partial charge in [0.25, 0.3) is 0 Å². The van der Waals surface area contributed by atoms with E-state index in [2.05, 4.69) is 25.6 Å². The zero-order valence-corrected chi connectivity index (χ0v) is 16.6. The lowest BCUT2D eigenvalue weighted by atomic mass is 10.1. The van der Waals surface area contributed by atoms with Gasteiger partial charge in [-0.15, -0.1) is 10.2 Å². The summed E-state index contributed by atoms with van der Waals surface area (Å²) in [5, 5.41) is 15.3. The van der Waals surface area contributed by atoms with Gasteiger partial charge in [-0.05, 0) is 66.6 Å². The summed E-state index contributed by atoms with van der Waals surface area (Å²) in [5.41, 5.74) is 5.09. The van der Waals surface area contributed by atoms with Crippen molar-refractivity contribution in [1.29, 1.82) is 0 Å². The third-order valence-corrected chi connectivity index (χ3v) is 5.03. The number of anilines is 2. The van der Waals surface area contributed by atoms with E-state index in [0.717, 1.165) is 48.8 Å². The van der Waals surface area contributed by atoms with Crippen molar-refractivity contribution in [2.75, 3.05) is 36.5 Å². The van der Waals surface area contributed by atoms with Crippen molar-refractivity contribution in [2.45, 2.75) is 20.4 Å². The number of hydrogen-bond donors (Lipinski definition) is 1. The molecule has 3 aromatic rings. The fourth-order valence-corrected chi connectivity index (χ4v) is 3.22. The maximum atomic E-state index is 12.3. The van der Waals surface area contributed by atoms with Gasteiger partial charge in [0.2, 0.25) is 11.7 Å². The second-order valence-electron chi connectivity index (χ2n) is 7.14. The number of carbonyl (C=O) groups excluding carboxylic acids is 1. The highest BCUT2D eigenvalue weighted by Gasteiger charge is 2.13. The summed E-state index contributed by atoms with van der Waals surface area (Å²) in [6.45, 7) is 7.35. The number of carbonyl (C=O) groups is 1. The van der Waals surface area contributed by atoms with Crippen LogP contribution in [0.3, 0.4) is 0 Å². The molecule has 2 aromatic carbocycles. The van der Waals surface area contributed by atoms with Crippen LogP contribution in [-0.2, 0) is 16.1 Å². The summed E-state index contributed by atoms with van der Waals surface area (Å²) < 4.78 is 5.39. The molecule has 150 valence electrons. The highest BCUT2D eigenvalue weighted by Crippen LogP contribution is 2.21. The molecular weight excluding hydrogens is 368 g/mol. The van der Waals surface area contributed by atoms with Crippen molar-refractivity contribution in [3.8, 4) is 11.4 Å². The van der Waals surface area contributed by atoms with Gasteiger partial charge in [-0.25, -0.2) is 0 Å². The number of tetrazole rings is 1. The van der Waals surface area contributed by atoms with E-state index in [9.17, 15) is 4.79 Å². The smallest absolute Gasteiger partial charge is 0.248 e. The molecule has 8 nitrogen and oxygen atoms in total. The van der Waals surface area contributed by atoms with Gasteiger partial charge in [-0.3, -0.25) is 4.79 Å². The minimum absolute atomic E-state index is 0.00574. The number of benzene rings is 2. The standard InChI is InChI=1S/C21H24N6O2/c1-15-3-6-18(13-16(15)2)22-20(28)14-27-24-21(23-25-27)17-4-7-19(8-5-17)26-9-11-29-12-10-26/h3-8,13H,9-12,14H2,1-2H3,(H,22,28). The molecule has 4 rings (SSSR count). The van der Waals surface area contributed by atoms with Crippen molar-refractivity contribution < 1.29 is 9.53 Å². The minimum atomic E-state index is -0.195. The van der Waals surface area contributed by atoms with Crippen molar-refractivity contribution in [1.82, 2.24) is 20.2 Å². The summed E-state index contributed by atoms with van der Waals surface area (Å²) in [6, 6.07) is 13.9. The Morgan fingerprint density at radius 2 is 1.83 bits per heavy atom. The second kappa shape index (κ2) is 8.40. The summed E-state index contributed by atoms with van der Waals surface area (Å²) >= 11 is 0. The topological polar surface area (TPSA) is 85.2 Å². The Morgan fingerprint density at radius 1 is 1.07 bits per heavy atom. The average Bonchev–Trinajstić information content (AvgIpc) is 3.20. The summed E-state index contributed by atoms with van der Waals surface area (Å²) in [7, 11) is 0. The Balaban J connectivity index is 1.38. The SMILES string of the molecule is Cc1ccc(NC(=O)Cn2nnc(-c3ccc(N4CCOCC4)cc3)n2)cc1C. The first-order valence-electron chi connectivity index (χ1n) is 9.66. The van der Waals surface area contributed by atoms with E-state index in [1.807, 2.05) is 56.3 Å². The van der Waals surface area contributed by atoms with Gasteiger partial charge in [0.05, 0.1) is 13.2 Å². The molecule has 0 spiro atoms. The van der Waals surface area contributed by atoms with Crippen LogP contribution in [0.25, 0.3) is 11.4 Å². The number of nitrogens with zero attached hydrogens (tertiary/aromatic N) is 5. The number of rotatable bonds is 5. The Morgan fingerprint density at radius 3 is 2.55 bits per heavy atom. The zero-order chi connectivity index (χ0) is 20.2. The normalized spacial score (nSPS) is 14.1. The van der Waals surface area contributed by atoms with Crippen LogP contribution in [0, 0.1) is 13.8 Å². The molecule has 1 N–H and O–H groups in total. The highest BCUT2D eigenvalue weighted by atomic mass is 16.5. The Labute approximate surface area is 169 Å². The van der Waals surface area contributed by atoms with E-state index in [0.29, 0.717) is 5.82 Å². The maximum absolute atomic E-state index is 12.3. The molecule has 29 heavy (non-hydrogen) atoms. The van der Waals surface area contributed by atoms with Gasteiger partial charge in [-0.2, -0.15) is 4.80 Å². The number of aromatic nitrogens is 4. The van der Waals surface area contributed by atoms with E-state index in [1.165, 1.54) is 10.4 Å². The predicted molar refractivity (Wildman–Crippen MR) is 111 cm³/mol. The lowest BCUT2D eigenvalue weighted by Gasteiger charge is -2.28. The van der Waals surface area contributed by atoms with E-state index >= 15 is 0 Å². The average molecular weight is 392 g/mol. The number of ether oxygens (including phenoxy) is 1. The molecule has 0 saturated carbocycles. The number of hydrogen-bond acceptors (Lipinski definition) is 6. The third-order valence-electron chi connectivity index (χ3n) is 5.03. The zero-order valence-electron chi connectivity index (χ0n) is 16.6. The van der Waals surface area contributed by atoms with Crippen LogP contribution < -0.4 is 10.2 Å². The molecule has 1 aliphatic rings. The van der Waals surface area contributed by atoms with Crippen molar-refractivity contribution >= 4 is 17.3 Å². The lowest BCUT2D eigenvalue weighted by Crippen LogP contribution is -2.36. The van der Waals surface area contributed by atoms with E-state index in [1.54, 1.807) is 0 Å². The molecule has 1 fully saturated rings. The maximum Gasteiger partial charge on any atom is 0.248 e. The lowest BCUT2D eigenvalue weighted by molar-refractivity contribution is -0.117. The van der Waals surface area contributed by atoms with Gasteiger partial charge in [0, 0.05) is 30.0 Å². The Bertz CT molecular complexity index is 993. The van der Waals surface area contributed by atoms with Crippen LogP contribution in [0.2, 0.25) is 0 Å². The van der Waals surface area contributed by atoms with Gasteiger partial charge in [-0.1, -0.05) is 6.07 Å². The highest BCUT2D eigenvalue weighted by molar-refractivity contribution is 5.90. The molecule has 0 unspecified atom stereocenters. The molecule has 8 heteroatoms. The molecule has 2 heterocycles. The number of aryl methyl sites for hydroxylation is 2. The number of amides is 1. The fourth-order valence-electron chi connectivity index (χ4n) is 3.22. The second-order valence-corrected chi connectivity index (χ2v) is 7.14. The molecule has 0 atom stereocenters. The predicted octanol–water partition coefficient (Wildman–Crippen LogP) is 2.43. The van der Waals surface area contributed by atoms with Crippen LogP contribution in [0.5, 0.6) is 0 Å². The number of nitrogens with one attached hydrogen (secondary N) is 1. The summed E-state index contributed by atoms with van der Waals surface area (Å²) in [5.74, 6) is 0.303. The van der Waals surface area contributed by atoms with Crippen LogP contribution in [-0.4, -0.2) is 52.4 Å². The van der Waals surface area contributed by atoms with E-state index < -0.39 is 0 Å². The van der Waals surface area contributed by atoms with E-state index in [4.69, 9.17) is 4.74 Å². The molecule has 1 saturated heterocycles. The van der Waals surface area contributed by atoms with Gasteiger partial charge < -0.3 is 15.0 Å². The Kier molecular flexibility index (Phi) is 5.53. The molecular formula is C21H24N6O2. The van der Waals surface area contributed by atoms with Gasteiger partial charge >= 0.3 is 0 Å². The summed E-state index contributed by atoms with van der Waals surface area (Å²) in [6.07, 6.45) is 0. The Hall–Kier alpha value is -3.26. The van der Waals surface area contributed by atoms with Crippen LogP contribution in [0.4, 0.5) is 11.4 Å². The quantitative estimate of drug-likeness (QED) is 0.718. The first-order valence-corrected chi connectivity index (χ1v) is 9.66. The molecule has 1 aromatic heterocycles. The molecule has 1 amide bonds. The third kappa shape index (κ3) is 4.60. The monoisotopic (exact) mass is 392 g/mol. The molecule has 0 radical (unpaired) electrons. The minimum Gasteiger partial charge on any atom is -0.378 e. The van der Waals surface area contributed by atoms with Gasteiger partial charge in [0.1, 0.15) is 6.54 Å². The van der Waals surface area contributed by atoms with Crippen LogP contribution in [0.1, 0.15) is 11.1 Å². The molecule has 1 aliphatic heterocycles. The number of morpholine rings is 1. The van der Waals surface area contributed by atoms with Crippen LogP contribution >= 0.6 is 0 Å². The van der Waals surface area contributed by atoms with E-state index in [-0.39, 0.29) is 12.5 Å². The van der Waals surface area contributed by atoms with Crippen molar-refractivity contribution in [3.05, 3.63) is 53.6 Å². The molecule has 0 bridgehead atoms. The fraction of sp³-hybridized carbons (Fsp3) is 0.333. The van der Waals surface area contributed by atoms with Crippen molar-refractivity contribution in [3.63, 3.8) is 0 Å². The largest absolute Gasteiger partial charge is 0.378 e. The first kappa shape index (κ1) is 19.1. The van der Waals surface area contributed by atoms with Crippen LogP contribution in [0.15, 0.2) is 42.5 Å². The molecule has 0 aliphatic carbocycles.